The van der Waals surface area contributed by atoms with Crippen molar-refractivity contribution >= 4 is 31.6 Å². The number of unbranched alkanes of at least 4 members (excludes halogenated alkanes) is 1. The van der Waals surface area contributed by atoms with Crippen molar-refractivity contribution in [2.75, 3.05) is 10.9 Å². The van der Waals surface area contributed by atoms with Crippen molar-refractivity contribution in [1.82, 2.24) is 0 Å². The summed E-state index contributed by atoms with van der Waals surface area (Å²) in [5.74, 6) is -0.0103. The van der Waals surface area contributed by atoms with Crippen molar-refractivity contribution in [1.29, 1.82) is 0 Å². The fourth-order valence-electron chi connectivity index (χ4n) is 4.19. The highest BCUT2D eigenvalue weighted by atomic mass is 79.9. The number of hydrogen-bond donors (Lipinski definition) is 0. The minimum absolute atomic E-state index is 0.0103. The van der Waals surface area contributed by atoms with Crippen molar-refractivity contribution in [3.8, 4) is 0 Å². The smallest absolute Gasteiger partial charge is 0.266 e. The first kappa shape index (κ1) is 19.7. The molecule has 2 aliphatic rings. The van der Waals surface area contributed by atoms with Crippen LogP contribution < -0.4 is 4.31 Å². The van der Waals surface area contributed by atoms with Gasteiger partial charge in [-0.25, -0.2) is 12.7 Å². The van der Waals surface area contributed by atoms with E-state index in [1.165, 1.54) is 4.31 Å². The van der Waals surface area contributed by atoms with Gasteiger partial charge >= 0.3 is 0 Å². The minimum atomic E-state index is -3.80. The van der Waals surface area contributed by atoms with Crippen LogP contribution in [0.2, 0.25) is 0 Å². The molecule has 28 heavy (non-hydrogen) atoms. The summed E-state index contributed by atoms with van der Waals surface area (Å²) in [5, 5.41) is 0. The molecular weight excluding hydrogens is 438 g/mol. The molecule has 2 heterocycles. The monoisotopic (exact) mass is 461 g/mol. The lowest BCUT2D eigenvalue weighted by molar-refractivity contribution is 0.0521. The molecule has 0 unspecified atom stereocenters. The molecule has 2 aromatic carbocycles. The fraction of sp³-hybridized carbons (Fsp3) is 0.364. The molecule has 2 aromatic rings. The summed E-state index contributed by atoms with van der Waals surface area (Å²) in [6.07, 6.45) is 6.70. The molecule has 0 bridgehead atoms. The summed E-state index contributed by atoms with van der Waals surface area (Å²) in [6, 6.07) is 12.9. The molecule has 0 spiro atoms. The number of benzene rings is 2. The summed E-state index contributed by atoms with van der Waals surface area (Å²) in [4.78, 5) is 0.281. The van der Waals surface area contributed by atoms with Crippen molar-refractivity contribution in [2.24, 2.45) is 0 Å². The second-order valence-electron chi connectivity index (χ2n) is 7.42. The van der Waals surface area contributed by atoms with Gasteiger partial charge in [-0.05, 0) is 55.7 Å². The number of anilines is 1. The van der Waals surface area contributed by atoms with Gasteiger partial charge in [-0.1, -0.05) is 59.1 Å². The molecule has 4 rings (SSSR count). The number of fused-ring (bicyclic) bond motifs is 3. The van der Waals surface area contributed by atoms with E-state index in [9.17, 15) is 8.42 Å². The lowest BCUT2D eigenvalue weighted by atomic mass is 9.91. The minimum Gasteiger partial charge on any atom is -0.350 e. The zero-order chi connectivity index (χ0) is 19.9. The van der Waals surface area contributed by atoms with Crippen LogP contribution in [0.1, 0.15) is 43.2 Å². The number of nitrogens with zero attached hydrogens (tertiary/aromatic N) is 1. The average molecular weight is 462 g/mol. The first-order chi connectivity index (χ1) is 13.4. The first-order valence-corrected chi connectivity index (χ1v) is 11.9. The fourth-order valence-corrected chi connectivity index (χ4v) is 6.26. The van der Waals surface area contributed by atoms with Gasteiger partial charge < -0.3 is 4.74 Å². The van der Waals surface area contributed by atoms with E-state index >= 15 is 0 Å². The summed E-state index contributed by atoms with van der Waals surface area (Å²) < 4.78 is 36.2. The Morgan fingerprint density at radius 3 is 2.71 bits per heavy atom. The van der Waals surface area contributed by atoms with Crippen LogP contribution in [0.4, 0.5) is 5.69 Å². The molecule has 1 fully saturated rings. The maximum atomic E-state index is 13.8. The summed E-state index contributed by atoms with van der Waals surface area (Å²) in [7, 11) is -3.80. The maximum Gasteiger partial charge on any atom is 0.266 e. The van der Waals surface area contributed by atoms with Gasteiger partial charge in [-0.2, -0.15) is 0 Å². The van der Waals surface area contributed by atoms with E-state index in [1.807, 2.05) is 43.3 Å². The van der Waals surface area contributed by atoms with E-state index in [1.54, 1.807) is 12.1 Å². The second-order valence-corrected chi connectivity index (χ2v) is 10.1. The summed E-state index contributed by atoms with van der Waals surface area (Å²) in [5.41, 5.74) is 1.75. The van der Waals surface area contributed by atoms with Gasteiger partial charge in [0.15, 0.2) is 5.72 Å². The van der Waals surface area contributed by atoms with Crippen LogP contribution in [-0.4, -0.2) is 20.7 Å². The normalized spacial score (nSPS) is 24.0. The largest absolute Gasteiger partial charge is 0.350 e. The quantitative estimate of drug-likeness (QED) is 0.550. The molecule has 0 aliphatic carbocycles. The Kier molecular flexibility index (Phi) is 5.14. The Balaban J connectivity index is 1.93. The molecule has 1 saturated heterocycles. The number of sulfonamides is 1. The predicted molar refractivity (Wildman–Crippen MR) is 115 cm³/mol. The van der Waals surface area contributed by atoms with Crippen molar-refractivity contribution in [3.05, 3.63) is 70.2 Å². The van der Waals surface area contributed by atoms with Crippen LogP contribution in [0, 0.1) is 6.92 Å². The topological polar surface area (TPSA) is 46.6 Å². The second kappa shape index (κ2) is 7.32. The molecule has 0 N–H and O–H groups in total. The summed E-state index contributed by atoms with van der Waals surface area (Å²) >= 11 is 3.51. The van der Waals surface area contributed by atoms with E-state index in [-0.39, 0.29) is 10.8 Å². The number of aryl methyl sites for hydroxylation is 1. The zero-order valence-electron chi connectivity index (χ0n) is 16.1. The third-order valence-electron chi connectivity index (χ3n) is 5.51. The highest BCUT2D eigenvalue weighted by Crippen LogP contribution is 2.56. The van der Waals surface area contributed by atoms with Crippen LogP contribution in [0.25, 0.3) is 0 Å². The number of allylic oxidation sites excluding steroid dienone is 1. The molecule has 6 heteroatoms. The predicted octanol–water partition coefficient (Wildman–Crippen LogP) is 5.52. The molecule has 0 saturated carbocycles. The van der Waals surface area contributed by atoms with Gasteiger partial charge in [0.05, 0.1) is 17.2 Å². The van der Waals surface area contributed by atoms with Gasteiger partial charge in [-0.15, -0.1) is 0 Å². The van der Waals surface area contributed by atoms with Crippen LogP contribution in [0.15, 0.2) is 64.0 Å². The lowest BCUT2D eigenvalue weighted by Crippen LogP contribution is -2.49. The molecule has 2 aliphatic heterocycles. The van der Waals surface area contributed by atoms with Crippen molar-refractivity contribution in [2.45, 2.75) is 49.6 Å². The zero-order valence-corrected chi connectivity index (χ0v) is 18.5. The van der Waals surface area contributed by atoms with E-state index in [2.05, 4.69) is 28.9 Å². The standard InChI is InChI=1S/C22H24BrNO3S/c1-3-4-5-13-22-20(12-14-27-22)19-11-8-17(23)15-21(19)24(22)28(25,26)18-9-6-16(2)7-10-18/h5-11,13,15,20H,3-4,12,14H2,1-2H3/b13-5+/t20-,22-/m1/s1. The van der Waals surface area contributed by atoms with Gasteiger partial charge in [0, 0.05) is 10.4 Å². The van der Waals surface area contributed by atoms with Crippen LogP contribution >= 0.6 is 15.9 Å². The van der Waals surface area contributed by atoms with E-state index in [4.69, 9.17) is 4.74 Å². The van der Waals surface area contributed by atoms with E-state index < -0.39 is 15.7 Å². The van der Waals surface area contributed by atoms with Crippen LogP contribution in [0.5, 0.6) is 0 Å². The number of halogens is 1. The number of ether oxygens (including phenoxy) is 1. The highest BCUT2D eigenvalue weighted by Gasteiger charge is 2.58. The molecule has 0 radical (unpaired) electrons. The third kappa shape index (κ3) is 3.02. The molecule has 4 nitrogen and oxygen atoms in total. The highest BCUT2D eigenvalue weighted by molar-refractivity contribution is 9.10. The van der Waals surface area contributed by atoms with Gasteiger partial charge in [0.1, 0.15) is 0 Å². The molecule has 0 aromatic heterocycles. The van der Waals surface area contributed by atoms with Crippen molar-refractivity contribution < 1.29 is 13.2 Å². The Bertz CT molecular complexity index is 1020. The lowest BCUT2D eigenvalue weighted by Gasteiger charge is -2.36. The Morgan fingerprint density at radius 1 is 1.25 bits per heavy atom. The summed E-state index contributed by atoms with van der Waals surface area (Å²) in [6.45, 7) is 4.59. The van der Waals surface area contributed by atoms with E-state index in [0.29, 0.717) is 12.3 Å². The van der Waals surface area contributed by atoms with E-state index in [0.717, 1.165) is 34.9 Å². The Hall–Kier alpha value is -1.63. The van der Waals surface area contributed by atoms with Crippen molar-refractivity contribution in [3.63, 3.8) is 0 Å². The SMILES string of the molecule is CCC/C=C/[C@@]12OCC[C@@H]1c1ccc(Br)cc1N2S(=O)(=O)c1ccc(C)cc1. The Morgan fingerprint density at radius 2 is 2.00 bits per heavy atom. The Labute approximate surface area is 175 Å². The number of rotatable bonds is 5. The van der Waals surface area contributed by atoms with Gasteiger partial charge in [0.25, 0.3) is 10.0 Å². The van der Waals surface area contributed by atoms with Crippen LogP contribution in [0.3, 0.4) is 0 Å². The molecule has 148 valence electrons. The van der Waals surface area contributed by atoms with Gasteiger partial charge in [0.2, 0.25) is 0 Å². The van der Waals surface area contributed by atoms with Gasteiger partial charge in [-0.3, -0.25) is 0 Å². The average Bonchev–Trinajstić information content (AvgIpc) is 3.17. The molecular formula is C22H24BrNO3S. The number of hydrogen-bond acceptors (Lipinski definition) is 3. The molecule has 2 atom stereocenters. The third-order valence-corrected chi connectivity index (χ3v) is 7.84. The molecule has 0 amide bonds. The van der Waals surface area contributed by atoms with Crippen LogP contribution in [-0.2, 0) is 14.8 Å². The first-order valence-electron chi connectivity index (χ1n) is 9.63. The maximum absolute atomic E-state index is 13.8.